The Hall–Kier alpha value is -1.10. The normalized spacial score (nSPS) is 11.1. The molecule has 0 fully saturated rings. The molecule has 0 saturated carbocycles. The number of carboxylic acids is 1. The van der Waals surface area contributed by atoms with E-state index in [2.05, 4.69) is 5.48 Å². The van der Waals surface area contributed by atoms with E-state index in [-0.39, 0.29) is 18.9 Å². The van der Waals surface area contributed by atoms with Gasteiger partial charge in [-0.05, 0) is 20.3 Å². The zero-order chi connectivity index (χ0) is 11.2. The zero-order valence-electron chi connectivity index (χ0n) is 8.79. The van der Waals surface area contributed by atoms with E-state index >= 15 is 0 Å². The molecule has 0 heterocycles. The molecule has 0 aliphatic carbocycles. The highest BCUT2D eigenvalue weighted by molar-refractivity contribution is 5.75. The minimum absolute atomic E-state index is 0.0696. The Kier molecular flexibility index (Phi) is 5.15. The Morgan fingerprint density at radius 1 is 1.43 bits per heavy atom. The second kappa shape index (κ2) is 5.59. The first-order valence-electron chi connectivity index (χ1n) is 4.56. The van der Waals surface area contributed by atoms with Gasteiger partial charge in [-0.2, -0.15) is 5.48 Å². The van der Waals surface area contributed by atoms with E-state index in [1.165, 1.54) is 0 Å². The van der Waals surface area contributed by atoms with Crippen LogP contribution in [-0.2, 0) is 14.4 Å². The zero-order valence-corrected chi connectivity index (χ0v) is 8.79. The molecule has 0 atom stereocenters. The number of carbonyl (C=O) groups is 2. The van der Waals surface area contributed by atoms with Crippen molar-refractivity contribution in [3.8, 4) is 0 Å². The first-order chi connectivity index (χ1) is 6.40. The summed E-state index contributed by atoms with van der Waals surface area (Å²) < 4.78 is 0. The van der Waals surface area contributed by atoms with Crippen LogP contribution in [-0.4, -0.2) is 23.6 Å². The SMILES string of the molecule is CCC(C)(C)C(=O)ONCCC(=O)O. The summed E-state index contributed by atoms with van der Waals surface area (Å²) in [6.07, 6.45) is 0.603. The number of carbonyl (C=O) groups excluding carboxylic acids is 1. The molecule has 2 N–H and O–H groups in total. The lowest BCUT2D eigenvalue weighted by molar-refractivity contribution is -0.162. The smallest absolute Gasteiger partial charge is 0.330 e. The Morgan fingerprint density at radius 2 is 2.00 bits per heavy atom. The number of hydroxylamine groups is 1. The molecule has 0 spiro atoms. The van der Waals surface area contributed by atoms with E-state index in [0.717, 1.165) is 0 Å². The molecule has 5 heteroatoms. The Morgan fingerprint density at radius 3 is 2.43 bits per heavy atom. The van der Waals surface area contributed by atoms with Gasteiger partial charge in [0.05, 0.1) is 11.8 Å². The molecule has 5 nitrogen and oxygen atoms in total. The number of aliphatic carboxylic acids is 1. The van der Waals surface area contributed by atoms with Gasteiger partial charge in [0.1, 0.15) is 0 Å². The molecule has 0 aromatic carbocycles. The molecule has 0 aromatic rings. The molecule has 0 saturated heterocycles. The van der Waals surface area contributed by atoms with Gasteiger partial charge in [-0.25, -0.2) is 4.79 Å². The van der Waals surface area contributed by atoms with Gasteiger partial charge in [-0.3, -0.25) is 4.79 Å². The molecule has 0 rings (SSSR count). The van der Waals surface area contributed by atoms with Crippen molar-refractivity contribution >= 4 is 11.9 Å². The number of nitrogens with one attached hydrogen (secondary N) is 1. The summed E-state index contributed by atoms with van der Waals surface area (Å²) in [5.74, 6) is -1.30. The van der Waals surface area contributed by atoms with E-state index in [1.807, 2.05) is 6.92 Å². The van der Waals surface area contributed by atoms with E-state index in [1.54, 1.807) is 13.8 Å². The molecule has 0 amide bonds. The maximum Gasteiger partial charge on any atom is 0.330 e. The van der Waals surface area contributed by atoms with Crippen LogP contribution >= 0.6 is 0 Å². The molecule has 0 aliphatic rings. The van der Waals surface area contributed by atoms with Crippen LogP contribution in [0.2, 0.25) is 0 Å². The Bertz CT molecular complexity index is 213. The first-order valence-corrected chi connectivity index (χ1v) is 4.56. The van der Waals surface area contributed by atoms with Gasteiger partial charge >= 0.3 is 11.9 Å². The van der Waals surface area contributed by atoms with Crippen molar-refractivity contribution in [2.45, 2.75) is 33.6 Å². The summed E-state index contributed by atoms with van der Waals surface area (Å²) in [7, 11) is 0. The van der Waals surface area contributed by atoms with Crippen LogP contribution in [0.15, 0.2) is 0 Å². The van der Waals surface area contributed by atoms with E-state index < -0.39 is 11.4 Å². The van der Waals surface area contributed by atoms with E-state index in [9.17, 15) is 9.59 Å². The molecule has 0 bridgehead atoms. The van der Waals surface area contributed by atoms with Gasteiger partial charge in [-0.1, -0.05) is 6.92 Å². The lowest BCUT2D eigenvalue weighted by Gasteiger charge is -2.19. The van der Waals surface area contributed by atoms with Gasteiger partial charge in [0.2, 0.25) is 0 Å². The van der Waals surface area contributed by atoms with Crippen molar-refractivity contribution in [3.05, 3.63) is 0 Å². The van der Waals surface area contributed by atoms with Crippen LogP contribution in [0.3, 0.4) is 0 Å². The number of hydrogen-bond acceptors (Lipinski definition) is 4. The fourth-order valence-electron chi connectivity index (χ4n) is 0.557. The second-order valence-electron chi connectivity index (χ2n) is 3.67. The summed E-state index contributed by atoms with van der Waals surface area (Å²) in [5.41, 5.74) is 1.80. The topological polar surface area (TPSA) is 75.6 Å². The molecular formula is C9H17NO4. The highest BCUT2D eigenvalue weighted by Gasteiger charge is 2.27. The molecule has 0 unspecified atom stereocenters. The molecule has 0 aromatic heterocycles. The van der Waals surface area contributed by atoms with Gasteiger partial charge in [0.15, 0.2) is 0 Å². The average Bonchev–Trinajstić information content (AvgIpc) is 2.11. The van der Waals surface area contributed by atoms with Crippen LogP contribution < -0.4 is 5.48 Å². The molecule has 0 aliphatic heterocycles. The Labute approximate surface area is 83.4 Å². The Balaban J connectivity index is 3.70. The summed E-state index contributed by atoms with van der Waals surface area (Å²) in [5, 5.41) is 8.30. The largest absolute Gasteiger partial charge is 0.481 e. The number of carboxylic acid groups (broad SMARTS) is 1. The predicted molar refractivity (Wildman–Crippen MR) is 50.4 cm³/mol. The van der Waals surface area contributed by atoms with Crippen molar-refractivity contribution in [3.63, 3.8) is 0 Å². The van der Waals surface area contributed by atoms with Crippen molar-refractivity contribution in [1.29, 1.82) is 0 Å². The second-order valence-corrected chi connectivity index (χ2v) is 3.67. The summed E-state index contributed by atoms with van der Waals surface area (Å²) >= 11 is 0. The van der Waals surface area contributed by atoms with Crippen LogP contribution in [0.1, 0.15) is 33.6 Å². The van der Waals surface area contributed by atoms with Gasteiger partial charge in [0.25, 0.3) is 0 Å². The third-order valence-corrected chi connectivity index (χ3v) is 2.04. The predicted octanol–water partition coefficient (Wildman–Crippen LogP) is 0.945. The van der Waals surface area contributed by atoms with Crippen LogP contribution in [0.25, 0.3) is 0 Å². The summed E-state index contributed by atoms with van der Waals surface area (Å²) in [6, 6.07) is 0. The number of hydrogen-bond donors (Lipinski definition) is 2. The summed E-state index contributed by atoms with van der Waals surface area (Å²) in [4.78, 5) is 26.1. The standard InChI is InChI=1S/C9H17NO4/c1-4-9(2,3)8(13)14-10-6-5-7(11)12/h10H,4-6H2,1-3H3,(H,11,12). The maximum atomic E-state index is 11.3. The monoisotopic (exact) mass is 203 g/mol. The van der Waals surface area contributed by atoms with Crippen LogP contribution in [0, 0.1) is 5.41 Å². The van der Waals surface area contributed by atoms with Crippen molar-refractivity contribution in [1.82, 2.24) is 5.48 Å². The first kappa shape index (κ1) is 12.9. The van der Waals surface area contributed by atoms with Crippen LogP contribution in [0.4, 0.5) is 0 Å². The third kappa shape index (κ3) is 4.81. The third-order valence-electron chi connectivity index (χ3n) is 2.04. The minimum atomic E-state index is -0.927. The fourth-order valence-corrected chi connectivity index (χ4v) is 0.557. The van der Waals surface area contributed by atoms with Crippen molar-refractivity contribution < 1.29 is 19.5 Å². The highest BCUT2D eigenvalue weighted by atomic mass is 16.7. The van der Waals surface area contributed by atoms with E-state index in [4.69, 9.17) is 9.94 Å². The maximum absolute atomic E-state index is 11.3. The molecule has 14 heavy (non-hydrogen) atoms. The quantitative estimate of drug-likeness (QED) is 0.496. The van der Waals surface area contributed by atoms with Crippen molar-refractivity contribution in [2.75, 3.05) is 6.54 Å². The van der Waals surface area contributed by atoms with Gasteiger partial charge in [0, 0.05) is 6.54 Å². The molecule has 0 radical (unpaired) electrons. The molecular weight excluding hydrogens is 186 g/mol. The van der Waals surface area contributed by atoms with Gasteiger partial charge in [-0.15, -0.1) is 0 Å². The molecule has 82 valence electrons. The average molecular weight is 203 g/mol. The number of rotatable bonds is 6. The van der Waals surface area contributed by atoms with Crippen LogP contribution in [0.5, 0.6) is 0 Å². The highest BCUT2D eigenvalue weighted by Crippen LogP contribution is 2.20. The summed E-state index contributed by atoms with van der Waals surface area (Å²) in [6.45, 7) is 5.56. The minimum Gasteiger partial charge on any atom is -0.481 e. The fraction of sp³-hybridized carbons (Fsp3) is 0.778. The lowest BCUT2D eigenvalue weighted by atomic mass is 9.91. The van der Waals surface area contributed by atoms with E-state index in [0.29, 0.717) is 6.42 Å². The van der Waals surface area contributed by atoms with Gasteiger partial charge < -0.3 is 9.94 Å². The lowest BCUT2D eigenvalue weighted by Crippen LogP contribution is -2.32. The van der Waals surface area contributed by atoms with Crippen molar-refractivity contribution in [2.24, 2.45) is 5.41 Å².